The molecule has 6 aliphatic rings. The van der Waals surface area contributed by atoms with Gasteiger partial charge in [-0.25, -0.2) is 9.83 Å². The number of nitrogens with one attached hydrogen (secondary N) is 2. The fourth-order valence-electron chi connectivity index (χ4n) is 9.94. The van der Waals surface area contributed by atoms with Gasteiger partial charge in [-0.3, -0.25) is 34.3 Å². The topological polar surface area (TPSA) is 126 Å². The van der Waals surface area contributed by atoms with Crippen molar-refractivity contribution in [3.05, 3.63) is 82.3 Å². The van der Waals surface area contributed by atoms with Gasteiger partial charge in [-0.05, 0) is 93.3 Å². The minimum Gasteiger partial charge on any atom is -0.380 e. The van der Waals surface area contributed by atoms with Gasteiger partial charge in [-0.2, -0.15) is 0 Å². The summed E-state index contributed by atoms with van der Waals surface area (Å²) in [5.74, 6) is -0.940. The standard InChI is InChI=1S/C42H46ClN9O4/c1-26-21-42(25-51(26)30-4-7-35(44-2)34(43)20-30)13-17-48(18-14-42)31-5-9-37(45-22-31)49-15-11-29(12-16-49)50-23-28(24-50)46-27-3-6-32-33(19-27)41(56)52(40(32)55)36-8-10-38(53)47-39(36)54/h3-7,9,19-20,22,26,28-29,36,46H,8,10-18,21,23-25H2,1H3,(H,47,53,54)/t26-,36?/m0/s1. The van der Waals surface area contributed by atoms with Crippen molar-refractivity contribution in [1.82, 2.24) is 20.1 Å². The molecule has 14 heteroatoms. The summed E-state index contributed by atoms with van der Waals surface area (Å²) in [5.41, 5.74) is 4.45. The van der Waals surface area contributed by atoms with E-state index in [1.54, 1.807) is 12.1 Å². The van der Waals surface area contributed by atoms with Crippen LogP contribution in [0.2, 0.25) is 5.02 Å². The maximum absolute atomic E-state index is 13.2. The van der Waals surface area contributed by atoms with Gasteiger partial charge in [-0.15, -0.1) is 0 Å². The fourth-order valence-corrected chi connectivity index (χ4v) is 10.2. The summed E-state index contributed by atoms with van der Waals surface area (Å²) < 4.78 is 0. The predicted octanol–water partition coefficient (Wildman–Crippen LogP) is 5.34. The molecule has 56 heavy (non-hydrogen) atoms. The average Bonchev–Trinajstić information content (AvgIpc) is 3.64. The molecular weight excluding hydrogens is 730 g/mol. The number of nitrogens with zero attached hydrogens (tertiary/aromatic N) is 7. The SMILES string of the molecule is [C-]#[N+]c1ccc(N2CC3(CCN(c4ccc(N5CCC(N6CC(Nc7ccc8c(c7)C(=O)N(C7CCC(=O)NC7=O)C8=O)C6)CC5)nc4)CC3)C[C@@H]2C)cc1Cl. The number of carbonyl (C=O) groups is 4. The van der Waals surface area contributed by atoms with Crippen molar-refractivity contribution >= 4 is 63.8 Å². The molecule has 9 rings (SSSR count). The van der Waals surface area contributed by atoms with Crippen LogP contribution < -0.4 is 25.3 Å². The number of benzene rings is 2. The summed E-state index contributed by atoms with van der Waals surface area (Å²) in [5, 5.41) is 6.30. The number of rotatable bonds is 7. The van der Waals surface area contributed by atoms with Crippen LogP contribution in [0.4, 0.5) is 28.6 Å². The van der Waals surface area contributed by atoms with Crippen molar-refractivity contribution in [1.29, 1.82) is 0 Å². The number of fused-ring (bicyclic) bond motifs is 1. The Labute approximate surface area is 331 Å². The second-order valence-corrected chi connectivity index (χ2v) is 16.9. The van der Waals surface area contributed by atoms with E-state index in [2.05, 4.69) is 54.1 Å². The van der Waals surface area contributed by atoms with Crippen LogP contribution in [0, 0.1) is 12.0 Å². The summed E-state index contributed by atoms with van der Waals surface area (Å²) in [4.78, 5) is 69.6. The van der Waals surface area contributed by atoms with Gasteiger partial charge in [0.05, 0.1) is 35.6 Å². The first kappa shape index (κ1) is 36.4. The Hall–Kier alpha value is -5.19. The van der Waals surface area contributed by atoms with Gasteiger partial charge in [0.25, 0.3) is 11.8 Å². The van der Waals surface area contributed by atoms with Gasteiger partial charge in [0.1, 0.15) is 11.9 Å². The zero-order valence-corrected chi connectivity index (χ0v) is 32.3. The number of anilines is 4. The second kappa shape index (κ2) is 14.4. The summed E-state index contributed by atoms with van der Waals surface area (Å²) in [6.07, 6.45) is 7.87. The lowest BCUT2D eigenvalue weighted by atomic mass is 9.76. The molecule has 13 nitrogen and oxygen atoms in total. The van der Waals surface area contributed by atoms with Crippen molar-refractivity contribution in [2.45, 2.75) is 76.0 Å². The largest absolute Gasteiger partial charge is 0.380 e. The summed E-state index contributed by atoms with van der Waals surface area (Å²) in [7, 11) is 0. The van der Waals surface area contributed by atoms with E-state index in [0.29, 0.717) is 28.4 Å². The zero-order valence-electron chi connectivity index (χ0n) is 31.5. The van der Waals surface area contributed by atoms with Crippen LogP contribution in [-0.2, 0) is 9.59 Å². The van der Waals surface area contributed by atoms with E-state index in [9.17, 15) is 19.2 Å². The second-order valence-electron chi connectivity index (χ2n) is 16.5. The van der Waals surface area contributed by atoms with Gasteiger partial charge >= 0.3 is 0 Å². The molecule has 1 aromatic heterocycles. The molecule has 0 radical (unpaired) electrons. The van der Waals surface area contributed by atoms with Crippen LogP contribution in [0.3, 0.4) is 0 Å². The predicted molar refractivity (Wildman–Crippen MR) is 215 cm³/mol. The molecular formula is C42H46ClN9O4. The molecule has 4 amide bonds. The van der Waals surface area contributed by atoms with E-state index in [-0.39, 0.29) is 35.8 Å². The maximum Gasteiger partial charge on any atom is 0.262 e. The lowest BCUT2D eigenvalue weighted by molar-refractivity contribution is -0.136. The molecule has 7 heterocycles. The first-order chi connectivity index (χ1) is 27.1. The van der Waals surface area contributed by atoms with Crippen LogP contribution in [0.1, 0.15) is 72.6 Å². The number of carbonyl (C=O) groups excluding carboxylic acids is 4. The Bertz CT molecular complexity index is 2120. The Morgan fingerprint density at radius 1 is 0.893 bits per heavy atom. The molecule has 3 aromatic rings. The van der Waals surface area contributed by atoms with Gasteiger partial charge in [0, 0.05) is 80.7 Å². The van der Waals surface area contributed by atoms with Crippen LogP contribution in [0.25, 0.3) is 4.85 Å². The van der Waals surface area contributed by atoms with Crippen LogP contribution in [0.15, 0.2) is 54.7 Å². The number of aromatic nitrogens is 1. The lowest BCUT2D eigenvalue weighted by Gasteiger charge is -2.47. The maximum atomic E-state index is 13.2. The highest BCUT2D eigenvalue weighted by atomic mass is 35.5. The van der Waals surface area contributed by atoms with Crippen LogP contribution >= 0.6 is 11.6 Å². The average molecular weight is 776 g/mol. The third-order valence-corrected chi connectivity index (χ3v) is 13.4. The highest BCUT2D eigenvalue weighted by Crippen LogP contribution is 2.46. The Balaban J connectivity index is 0.726. The first-order valence-corrected chi connectivity index (χ1v) is 20.2. The highest BCUT2D eigenvalue weighted by Gasteiger charge is 2.46. The minimum atomic E-state index is -0.967. The monoisotopic (exact) mass is 775 g/mol. The van der Waals surface area contributed by atoms with Crippen LogP contribution in [-0.4, -0.2) is 108 Å². The van der Waals surface area contributed by atoms with Crippen LogP contribution in [0.5, 0.6) is 0 Å². The molecule has 2 N–H and O–H groups in total. The number of amides is 4. The summed E-state index contributed by atoms with van der Waals surface area (Å²) >= 11 is 6.39. The number of halogens is 1. The normalized spacial score (nSPS) is 24.4. The van der Waals surface area contributed by atoms with Crippen molar-refractivity contribution in [3.8, 4) is 0 Å². The molecule has 0 aliphatic carbocycles. The van der Waals surface area contributed by atoms with E-state index < -0.39 is 23.8 Å². The van der Waals surface area contributed by atoms with Gasteiger partial charge in [0.2, 0.25) is 17.5 Å². The minimum absolute atomic E-state index is 0.0967. The number of imide groups is 2. The van der Waals surface area contributed by atoms with Gasteiger partial charge < -0.3 is 20.0 Å². The lowest BCUT2D eigenvalue weighted by Crippen LogP contribution is -2.60. The quantitative estimate of drug-likeness (QED) is 0.240. The molecule has 290 valence electrons. The highest BCUT2D eigenvalue weighted by molar-refractivity contribution is 6.33. The third-order valence-electron chi connectivity index (χ3n) is 13.1. The smallest absolute Gasteiger partial charge is 0.262 e. The van der Waals surface area contributed by atoms with E-state index in [1.807, 2.05) is 30.5 Å². The number of pyridine rings is 1. The molecule has 0 saturated carbocycles. The molecule has 1 unspecified atom stereocenters. The Morgan fingerprint density at radius 3 is 2.34 bits per heavy atom. The molecule has 2 aromatic carbocycles. The van der Waals surface area contributed by atoms with Gasteiger partial charge in [0.15, 0.2) is 0 Å². The van der Waals surface area contributed by atoms with Crippen molar-refractivity contribution in [2.24, 2.45) is 5.41 Å². The van der Waals surface area contributed by atoms with Crippen molar-refractivity contribution < 1.29 is 19.2 Å². The Morgan fingerprint density at radius 2 is 1.64 bits per heavy atom. The van der Waals surface area contributed by atoms with E-state index in [1.165, 1.54) is 12.1 Å². The van der Waals surface area contributed by atoms with Crippen molar-refractivity contribution in [3.63, 3.8) is 0 Å². The van der Waals surface area contributed by atoms with E-state index in [0.717, 1.165) is 93.6 Å². The summed E-state index contributed by atoms with van der Waals surface area (Å²) in [6.45, 7) is 16.4. The summed E-state index contributed by atoms with van der Waals surface area (Å²) in [6, 6.07) is 15.6. The molecule has 5 fully saturated rings. The molecule has 5 saturated heterocycles. The first-order valence-electron chi connectivity index (χ1n) is 19.8. The number of piperidine rings is 3. The fraction of sp³-hybridized carbons (Fsp3) is 0.476. The zero-order chi connectivity index (χ0) is 38.7. The molecule has 2 atom stereocenters. The Kier molecular flexibility index (Phi) is 9.37. The van der Waals surface area contributed by atoms with E-state index in [4.69, 9.17) is 23.2 Å². The van der Waals surface area contributed by atoms with Gasteiger partial charge in [-0.1, -0.05) is 17.7 Å². The number of hydrogen-bond acceptors (Lipinski definition) is 10. The number of likely N-dealkylation sites (tertiary alicyclic amines) is 1. The third kappa shape index (κ3) is 6.62. The molecule has 6 aliphatic heterocycles. The van der Waals surface area contributed by atoms with E-state index >= 15 is 0 Å². The molecule has 0 bridgehead atoms. The number of hydrogen-bond donors (Lipinski definition) is 2. The van der Waals surface area contributed by atoms with Crippen molar-refractivity contribution in [2.75, 3.05) is 65.8 Å². The molecule has 1 spiro atoms.